The van der Waals surface area contributed by atoms with E-state index in [1.54, 1.807) is 26.0 Å². The van der Waals surface area contributed by atoms with Gasteiger partial charge >= 0.3 is 6.18 Å². The van der Waals surface area contributed by atoms with E-state index in [9.17, 15) is 37.6 Å². The van der Waals surface area contributed by atoms with Crippen molar-refractivity contribution in [3.05, 3.63) is 41.3 Å². The maximum Gasteiger partial charge on any atom is 0.419 e. The van der Waals surface area contributed by atoms with Crippen molar-refractivity contribution in [2.75, 3.05) is 34.8 Å². The average molecular weight is 796 g/mol. The summed E-state index contributed by atoms with van der Waals surface area (Å²) in [5.41, 5.74) is -2.00. The number of nitrogens with one attached hydrogen (secondary N) is 2. The number of rotatable bonds is 9. The number of hydrogen-bond acceptors (Lipinski definition) is 10. The predicted octanol–water partition coefficient (Wildman–Crippen LogP) is 5.50. The highest BCUT2D eigenvalue weighted by molar-refractivity contribution is 7.80. The minimum absolute atomic E-state index is 0.0459. The summed E-state index contributed by atoms with van der Waals surface area (Å²) in [5.74, 6) is -0.744. The molecule has 0 aromatic carbocycles. The van der Waals surface area contributed by atoms with Crippen LogP contribution in [0.3, 0.4) is 0 Å². The molecule has 300 valence electrons. The van der Waals surface area contributed by atoms with Gasteiger partial charge in [0.05, 0.1) is 34.7 Å². The third kappa shape index (κ3) is 8.22. The van der Waals surface area contributed by atoms with E-state index < -0.39 is 34.8 Å². The molecule has 4 fully saturated rings. The Morgan fingerprint density at radius 2 is 1.77 bits per heavy atom. The lowest BCUT2D eigenvalue weighted by Crippen LogP contribution is -2.57. The molecule has 56 heavy (non-hydrogen) atoms. The van der Waals surface area contributed by atoms with Gasteiger partial charge in [0, 0.05) is 44.6 Å². The molecule has 6 rings (SSSR count). The molecule has 1 aliphatic carbocycles. The van der Waals surface area contributed by atoms with Gasteiger partial charge in [0.1, 0.15) is 11.6 Å². The second-order valence-electron chi connectivity index (χ2n) is 16.0. The fourth-order valence-electron chi connectivity index (χ4n) is 8.98. The van der Waals surface area contributed by atoms with Crippen molar-refractivity contribution in [1.82, 2.24) is 25.1 Å². The Bertz CT molecular complexity index is 1930. The van der Waals surface area contributed by atoms with Crippen LogP contribution in [0.5, 0.6) is 0 Å². The number of amides is 4. The summed E-state index contributed by atoms with van der Waals surface area (Å²) in [5, 5.41) is 14.6. The molecule has 3 atom stereocenters. The number of carbonyl (C=O) groups is 4. The van der Waals surface area contributed by atoms with Crippen LogP contribution in [-0.2, 0) is 25.4 Å². The third-order valence-electron chi connectivity index (χ3n) is 11.6. The van der Waals surface area contributed by atoms with Crippen LogP contribution in [0.15, 0.2) is 24.4 Å². The number of halogens is 3. The molecule has 0 radical (unpaired) electrons. The topological polar surface area (TPSA) is 155 Å². The molecule has 13 nitrogen and oxygen atoms in total. The monoisotopic (exact) mass is 795 g/mol. The fraction of sp³-hybridized carbons (Fsp3) is 0.590. The molecule has 3 aliphatic heterocycles. The van der Waals surface area contributed by atoms with Gasteiger partial charge in [0.2, 0.25) is 17.7 Å². The summed E-state index contributed by atoms with van der Waals surface area (Å²) >= 11 is 5.75. The minimum atomic E-state index is -4.82. The Kier molecular flexibility index (Phi) is 11.7. The Morgan fingerprint density at radius 3 is 2.38 bits per heavy atom. The van der Waals surface area contributed by atoms with Gasteiger partial charge in [-0.1, -0.05) is 0 Å². The first kappa shape index (κ1) is 41.0. The van der Waals surface area contributed by atoms with Crippen LogP contribution in [0.4, 0.5) is 30.4 Å². The van der Waals surface area contributed by atoms with Crippen LogP contribution >= 0.6 is 12.2 Å². The molecular formula is C39H48F3N9O4S. The lowest BCUT2D eigenvalue weighted by molar-refractivity contribution is -0.138. The molecule has 1 saturated carbocycles. The highest BCUT2D eigenvalue weighted by Crippen LogP contribution is 2.41. The first-order valence-corrected chi connectivity index (χ1v) is 19.6. The van der Waals surface area contributed by atoms with E-state index in [2.05, 4.69) is 39.3 Å². The van der Waals surface area contributed by atoms with Crippen LogP contribution in [0.1, 0.15) is 109 Å². The molecule has 0 bridgehead atoms. The van der Waals surface area contributed by atoms with E-state index in [1.165, 1.54) is 13.0 Å². The van der Waals surface area contributed by atoms with Crippen molar-refractivity contribution >= 4 is 58.2 Å². The number of anilines is 3. The SMILES string of the molecule is CC(=O)Nc1ccc(C2CCC(=O)NC2=O)nc1N1[C@H](C)CN(CCCC2CCC(N3C(=S)N(c4cnc(C#N)c(C(F)(F)F)c4)C(=O)C3(C)C)CC2)C[C@@H]1C. The summed E-state index contributed by atoms with van der Waals surface area (Å²) in [6.45, 7) is 11.7. The number of carbonyl (C=O) groups excluding carboxylic acids is 4. The molecule has 17 heteroatoms. The summed E-state index contributed by atoms with van der Waals surface area (Å²) in [7, 11) is 0. The van der Waals surface area contributed by atoms with Gasteiger partial charge in [-0.05, 0) is 116 Å². The van der Waals surface area contributed by atoms with Gasteiger partial charge in [-0.15, -0.1) is 0 Å². The van der Waals surface area contributed by atoms with Gasteiger partial charge in [-0.2, -0.15) is 18.4 Å². The summed E-state index contributed by atoms with van der Waals surface area (Å²) in [6.07, 6.45) is 2.40. The molecule has 4 amide bonds. The van der Waals surface area contributed by atoms with Crippen molar-refractivity contribution < 1.29 is 32.3 Å². The van der Waals surface area contributed by atoms with Gasteiger partial charge in [-0.3, -0.25) is 34.3 Å². The van der Waals surface area contributed by atoms with Gasteiger partial charge in [0.15, 0.2) is 16.6 Å². The number of pyridine rings is 2. The number of alkyl halides is 3. The van der Waals surface area contributed by atoms with E-state index >= 15 is 0 Å². The quantitative estimate of drug-likeness (QED) is 0.245. The van der Waals surface area contributed by atoms with E-state index in [0.29, 0.717) is 29.5 Å². The number of imide groups is 1. The zero-order chi connectivity index (χ0) is 40.7. The van der Waals surface area contributed by atoms with Crippen molar-refractivity contribution in [1.29, 1.82) is 5.26 Å². The van der Waals surface area contributed by atoms with Crippen molar-refractivity contribution in [2.45, 2.75) is 122 Å². The van der Waals surface area contributed by atoms with Crippen molar-refractivity contribution in [2.24, 2.45) is 5.92 Å². The molecule has 2 N–H and O–H groups in total. The maximum absolute atomic E-state index is 13.7. The van der Waals surface area contributed by atoms with Gasteiger partial charge in [0.25, 0.3) is 5.91 Å². The Morgan fingerprint density at radius 1 is 1.09 bits per heavy atom. The highest BCUT2D eigenvalue weighted by atomic mass is 32.1. The number of hydrogen-bond donors (Lipinski definition) is 2. The van der Waals surface area contributed by atoms with Gasteiger partial charge in [-0.25, -0.2) is 9.97 Å². The average Bonchev–Trinajstić information content (AvgIpc) is 3.30. The molecule has 1 unspecified atom stereocenters. The van der Waals surface area contributed by atoms with Crippen LogP contribution in [0, 0.1) is 17.2 Å². The number of nitrogens with zero attached hydrogens (tertiary/aromatic N) is 7. The van der Waals surface area contributed by atoms with E-state index in [0.717, 1.165) is 75.3 Å². The van der Waals surface area contributed by atoms with Crippen LogP contribution < -0.4 is 20.4 Å². The summed E-state index contributed by atoms with van der Waals surface area (Å²) in [4.78, 5) is 66.5. The molecule has 5 heterocycles. The molecule has 4 aliphatic rings. The lowest BCUT2D eigenvalue weighted by Gasteiger charge is -2.46. The van der Waals surface area contributed by atoms with E-state index in [4.69, 9.17) is 17.2 Å². The zero-order valence-corrected chi connectivity index (χ0v) is 33.1. The largest absolute Gasteiger partial charge is 0.419 e. The lowest BCUT2D eigenvalue weighted by atomic mass is 9.82. The molecule has 2 aromatic rings. The first-order valence-electron chi connectivity index (χ1n) is 19.2. The molecule has 2 aromatic heterocycles. The molecular weight excluding hydrogens is 748 g/mol. The smallest absolute Gasteiger partial charge is 0.347 e. The highest BCUT2D eigenvalue weighted by Gasteiger charge is 2.53. The van der Waals surface area contributed by atoms with Crippen LogP contribution in [-0.4, -0.2) is 91.8 Å². The normalized spacial score (nSPS) is 26.0. The van der Waals surface area contributed by atoms with E-state index in [-0.39, 0.29) is 53.1 Å². The third-order valence-corrected chi connectivity index (χ3v) is 12.0. The van der Waals surface area contributed by atoms with E-state index in [1.807, 2.05) is 4.90 Å². The number of aromatic nitrogens is 2. The minimum Gasteiger partial charge on any atom is -0.347 e. The summed E-state index contributed by atoms with van der Waals surface area (Å²) in [6, 6.07) is 5.85. The van der Waals surface area contributed by atoms with Gasteiger partial charge < -0.3 is 15.1 Å². The van der Waals surface area contributed by atoms with Crippen LogP contribution in [0.25, 0.3) is 0 Å². The first-order chi connectivity index (χ1) is 26.4. The van der Waals surface area contributed by atoms with Crippen LogP contribution in [0.2, 0.25) is 0 Å². The zero-order valence-electron chi connectivity index (χ0n) is 32.3. The Hall–Kier alpha value is -4.69. The number of nitriles is 1. The van der Waals surface area contributed by atoms with Crippen molar-refractivity contribution in [3.8, 4) is 6.07 Å². The summed E-state index contributed by atoms with van der Waals surface area (Å²) < 4.78 is 41.2. The second-order valence-corrected chi connectivity index (χ2v) is 16.4. The molecule has 0 spiro atoms. The van der Waals surface area contributed by atoms with Crippen molar-refractivity contribution in [3.63, 3.8) is 0 Å². The standard InChI is InChI=1S/C39H48F3N9O4S/c1-22-20-48(21-23(2)49(22)34-31(45-24(3)52)14-13-30(46-34)28-12-15-33(53)47-35(28)54)16-6-7-25-8-10-26(11-9-25)51-37(56)50(36(55)38(51,4)5)27-17-29(39(40,41)42)32(18-43)44-19-27/h13-14,17,19,22-23,25-26,28H,6-12,15-16,20-21H2,1-5H3,(H,45,52)(H,47,53,54)/t22-,23+,25?,26?,28?. The maximum atomic E-state index is 13.7. The Balaban J connectivity index is 1.04. The Labute approximate surface area is 330 Å². The number of piperazine rings is 1. The molecule has 3 saturated heterocycles. The number of piperidine rings is 1. The second kappa shape index (κ2) is 16.0. The fourth-order valence-corrected chi connectivity index (χ4v) is 9.54. The number of thiocarbonyl (C=S) groups is 1. The predicted molar refractivity (Wildman–Crippen MR) is 206 cm³/mol.